The van der Waals surface area contributed by atoms with Crippen molar-refractivity contribution < 1.29 is 8.42 Å². The molecular formula is C9H12BrNO2S2. The zero-order valence-corrected chi connectivity index (χ0v) is 11.2. The third kappa shape index (κ3) is 5.55. The molecule has 84 valence electrons. The minimum Gasteiger partial charge on any atom is -0.214 e. The summed E-state index contributed by atoms with van der Waals surface area (Å²) in [6.07, 6.45) is 0. The van der Waals surface area contributed by atoms with Gasteiger partial charge in [-0.2, -0.15) is 0 Å². The van der Waals surface area contributed by atoms with Crippen LogP contribution in [0.2, 0.25) is 0 Å². The van der Waals surface area contributed by atoms with Crippen LogP contribution in [0, 0.1) is 0 Å². The van der Waals surface area contributed by atoms with Crippen LogP contribution in [0.1, 0.15) is 0 Å². The van der Waals surface area contributed by atoms with Crippen LogP contribution in [-0.2, 0) is 10.0 Å². The van der Waals surface area contributed by atoms with Crippen molar-refractivity contribution in [3.05, 3.63) is 30.3 Å². The predicted molar refractivity (Wildman–Crippen MR) is 67.9 cm³/mol. The number of sulfonamides is 1. The van der Waals surface area contributed by atoms with Crippen molar-refractivity contribution in [3.63, 3.8) is 0 Å². The van der Waals surface area contributed by atoms with Crippen LogP contribution in [0.5, 0.6) is 0 Å². The van der Waals surface area contributed by atoms with Crippen molar-refractivity contribution in [2.45, 2.75) is 4.90 Å². The lowest BCUT2D eigenvalue weighted by molar-refractivity contribution is 0.589. The molecule has 0 spiro atoms. The monoisotopic (exact) mass is 309 g/mol. The first-order valence-corrected chi connectivity index (χ1v) is 8.11. The molecule has 0 saturated carbocycles. The maximum absolute atomic E-state index is 11.0. The van der Waals surface area contributed by atoms with Gasteiger partial charge in [-0.1, -0.05) is 34.1 Å². The van der Waals surface area contributed by atoms with E-state index in [-0.39, 0.29) is 4.66 Å². The zero-order valence-electron chi connectivity index (χ0n) is 8.02. The summed E-state index contributed by atoms with van der Waals surface area (Å²) in [6, 6.07) is 9.89. The molecule has 6 heteroatoms. The fourth-order valence-corrected chi connectivity index (χ4v) is 2.82. The van der Waals surface area contributed by atoms with Crippen LogP contribution >= 0.6 is 27.7 Å². The Morgan fingerprint density at radius 3 is 2.53 bits per heavy atom. The molecule has 0 atom stereocenters. The Labute approximate surface area is 103 Å². The van der Waals surface area contributed by atoms with Gasteiger partial charge in [-0.05, 0) is 12.1 Å². The molecule has 0 aliphatic rings. The Morgan fingerprint density at radius 2 is 1.93 bits per heavy atom. The topological polar surface area (TPSA) is 46.2 Å². The van der Waals surface area contributed by atoms with Gasteiger partial charge in [0.15, 0.2) is 0 Å². The quantitative estimate of drug-likeness (QED) is 0.497. The van der Waals surface area contributed by atoms with Gasteiger partial charge in [0.05, 0.1) is 0 Å². The van der Waals surface area contributed by atoms with Gasteiger partial charge in [0, 0.05) is 17.2 Å². The first-order valence-electron chi connectivity index (χ1n) is 4.35. The van der Waals surface area contributed by atoms with Gasteiger partial charge in [0.25, 0.3) is 0 Å². The van der Waals surface area contributed by atoms with Gasteiger partial charge in [-0.3, -0.25) is 0 Å². The van der Waals surface area contributed by atoms with Crippen LogP contribution < -0.4 is 4.72 Å². The van der Waals surface area contributed by atoms with Gasteiger partial charge < -0.3 is 0 Å². The first kappa shape index (κ1) is 13.0. The molecule has 1 aromatic carbocycles. The van der Waals surface area contributed by atoms with Gasteiger partial charge in [-0.15, -0.1) is 11.8 Å². The minimum atomic E-state index is -3.12. The van der Waals surface area contributed by atoms with Crippen molar-refractivity contribution in [1.82, 2.24) is 4.72 Å². The summed E-state index contributed by atoms with van der Waals surface area (Å²) < 4.78 is 24.5. The van der Waals surface area contributed by atoms with Gasteiger partial charge in [-0.25, -0.2) is 13.1 Å². The number of halogens is 1. The standard InChI is InChI=1S/C9H12BrNO2S2/c10-8-15(12,13)11-6-7-14-9-4-2-1-3-5-9/h1-5,11H,6-8H2. The molecule has 0 amide bonds. The number of rotatable bonds is 6. The van der Waals surface area contributed by atoms with Crippen LogP contribution in [0.3, 0.4) is 0 Å². The summed E-state index contributed by atoms with van der Waals surface area (Å²) in [7, 11) is -3.12. The lowest BCUT2D eigenvalue weighted by atomic mass is 10.4. The Bertz CT molecular complexity index is 380. The molecule has 15 heavy (non-hydrogen) atoms. The molecule has 0 aromatic heterocycles. The van der Waals surface area contributed by atoms with E-state index in [1.165, 1.54) is 0 Å². The molecule has 0 heterocycles. The molecular weight excluding hydrogens is 298 g/mol. The van der Waals surface area contributed by atoms with Crippen LogP contribution in [0.15, 0.2) is 35.2 Å². The van der Waals surface area contributed by atoms with E-state index in [1.54, 1.807) is 11.8 Å². The van der Waals surface area contributed by atoms with Gasteiger partial charge in [0.1, 0.15) is 4.66 Å². The third-order valence-electron chi connectivity index (χ3n) is 1.58. The number of hydrogen-bond acceptors (Lipinski definition) is 3. The van der Waals surface area contributed by atoms with Crippen molar-refractivity contribution in [2.24, 2.45) is 0 Å². The summed E-state index contributed by atoms with van der Waals surface area (Å²) in [5.74, 6) is 0.732. The fourth-order valence-electron chi connectivity index (χ4n) is 0.921. The summed E-state index contributed by atoms with van der Waals surface area (Å²) in [4.78, 5) is 1.15. The Balaban J connectivity index is 2.24. The molecule has 0 bridgehead atoms. The highest BCUT2D eigenvalue weighted by atomic mass is 79.9. The second-order valence-corrected chi connectivity index (χ2v) is 7.06. The maximum Gasteiger partial charge on any atom is 0.221 e. The minimum absolute atomic E-state index is 0.0456. The summed E-state index contributed by atoms with van der Waals surface area (Å²) >= 11 is 4.54. The molecule has 1 aromatic rings. The average molecular weight is 310 g/mol. The van der Waals surface area contributed by atoms with Crippen LogP contribution in [-0.4, -0.2) is 25.4 Å². The smallest absolute Gasteiger partial charge is 0.214 e. The van der Waals surface area contributed by atoms with Gasteiger partial charge >= 0.3 is 0 Å². The van der Waals surface area contributed by atoms with Gasteiger partial charge in [0.2, 0.25) is 10.0 Å². The van der Waals surface area contributed by atoms with Crippen molar-refractivity contribution in [1.29, 1.82) is 0 Å². The Morgan fingerprint density at radius 1 is 1.27 bits per heavy atom. The Hall–Kier alpha value is -0.0400. The summed E-state index contributed by atoms with van der Waals surface area (Å²) in [5, 5.41) is 0. The number of alkyl halides is 1. The number of hydrogen-bond donors (Lipinski definition) is 1. The molecule has 3 nitrogen and oxygen atoms in total. The molecule has 0 unspecified atom stereocenters. The summed E-state index contributed by atoms with van der Waals surface area (Å²) in [5.41, 5.74) is 0. The van der Waals surface area contributed by atoms with Crippen molar-refractivity contribution in [3.8, 4) is 0 Å². The fraction of sp³-hybridized carbons (Fsp3) is 0.333. The third-order valence-corrected chi connectivity index (χ3v) is 5.33. The Kier molecular flexibility index (Phi) is 5.66. The highest BCUT2D eigenvalue weighted by molar-refractivity contribution is 9.10. The van der Waals surface area contributed by atoms with E-state index in [2.05, 4.69) is 20.7 Å². The van der Waals surface area contributed by atoms with Crippen molar-refractivity contribution in [2.75, 3.05) is 17.0 Å². The highest BCUT2D eigenvalue weighted by Crippen LogP contribution is 2.15. The van der Waals surface area contributed by atoms with E-state index in [0.717, 1.165) is 10.6 Å². The first-order chi connectivity index (χ1) is 7.14. The predicted octanol–water partition coefficient (Wildman–Crippen LogP) is 2.05. The van der Waals surface area contributed by atoms with E-state index in [1.807, 2.05) is 30.3 Å². The largest absolute Gasteiger partial charge is 0.221 e. The second kappa shape index (κ2) is 6.52. The molecule has 0 aliphatic carbocycles. The molecule has 0 aliphatic heterocycles. The molecule has 0 saturated heterocycles. The second-order valence-electron chi connectivity index (χ2n) is 2.78. The number of thioether (sulfide) groups is 1. The van der Waals surface area contributed by atoms with Crippen molar-refractivity contribution >= 4 is 37.7 Å². The molecule has 0 fully saturated rings. The van der Waals surface area contributed by atoms with E-state index in [9.17, 15) is 8.42 Å². The van der Waals surface area contributed by atoms with E-state index >= 15 is 0 Å². The maximum atomic E-state index is 11.0. The molecule has 0 radical (unpaired) electrons. The van der Waals surface area contributed by atoms with Crippen LogP contribution in [0.4, 0.5) is 0 Å². The lowest BCUT2D eigenvalue weighted by Gasteiger charge is -2.03. The van der Waals surface area contributed by atoms with E-state index < -0.39 is 10.0 Å². The highest BCUT2D eigenvalue weighted by Gasteiger charge is 2.05. The summed E-state index contributed by atoms with van der Waals surface area (Å²) in [6.45, 7) is 0.452. The normalized spacial score (nSPS) is 11.5. The zero-order chi connectivity index (χ0) is 11.1. The van der Waals surface area contributed by atoms with E-state index in [0.29, 0.717) is 6.54 Å². The number of benzene rings is 1. The van der Waals surface area contributed by atoms with E-state index in [4.69, 9.17) is 0 Å². The molecule has 1 N–H and O–H groups in total. The molecule has 1 rings (SSSR count). The van der Waals surface area contributed by atoms with Crippen LogP contribution in [0.25, 0.3) is 0 Å². The SMILES string of the molecule is O=S(=O)(CBr)NCCSc1ccccc1. The average Bonchev–Trinajstić information content (AvgIpc) is 2.26. The lowest BCUT2D eigenvalue weighted by Crippen LogP contribution is -2.26. The number of nitrogens with one attached hydrogen (secondary N) is 1.